The molecule has 9 nitrogen and oxygen atoms in total. The van der Waals surface area contributed by atoms with E-state index in [9.17, 15) is 14.4 Å². The molecule has 0 aromatic heterocycles. The number of likely N-dealkylation sites (N-methyl/N-ethyl adjacent to an activating group) is 1. The molecular weight excluding hydrogens is 568 g/mol. The summed E-state index contributed by atoms with van der Waals surface area (Å²) in [7, 11) is 3.79. The summed E-state index contributed by atoms with van der Waals surface area (Å²) in [6, 6.07) is 21.2. The molecular formula is C36H42N4O5. The van der Waals surface area contributed by atoms with Crippen LogP contribution in [0.1, 0.15) is 58.4 Å². The highest BCUT2D eigenvalue weighted by Crippen LogP contribution is 2.29. The highest BCUT2D eigenvalue weighted by atomic mass is 16.5. The third-order valence-electron chi connectivity index (χ3n) is 7.70. The molecule has 3 amide bonds. The lowest BCUT2D eigenvalue weighted by atomic mass is 10.1. The Morgan fingerprint density at radius 1 is 0.911 bits per heavy atom. The average Bonchev–Trinajstić information content (AvgIpc) is 3.06. The molecule has 3 aromatic rings. The summed E-state index contributed by atoms with van der Waals surface area (Å²) in [6.07, 6.45) is 3.43. The Kier molecular flexibility index (Phi) is 12.6. The van der Waals surface area contributed by atoms with Crippen molar-refractivity contribution in [2.75, 3.05) is 63.7 Å². The van der Waals surface area contributed by atoms with Crippen LogP contribution in [0.25, 0.3) is 0 Å². The number of hydrogen-bond donors (Lipinski definition) is 2. The predicted molar refractivity (Wildman–Crippen MR) is 177 cm³/mol. The summed E-state index contributed by atoms with van der Waals surface area (Å²) in [5.41, 5.74) is 2.67. The molecule has 0 bridgehead atoms. The van der Waals surface area contributed by atoms with Gasteiger partial charge >= 0.3 is 0 Å². The van der Waals surface area contributed by atoms with Crippen LogP contribution in [0.15, 0.2) is 72.8 Å². The van der Waals surface area contributed by atoms with E-state index in [0.29, 0.717) is 53.3 Å². The first kappa shape index (κ1) is 33.2. The quantitative estimate of drug-likeness (QED) is 0.229. The number of unbranched alkanes of at least 4 members (excludes halogenated alkanes) is 2. The van der Waals surface area contributed by atoms with Crippen LogP contribution in [0.3, 0.4) is 0 Å². The second-order valence-corrected chi connectivity index (χ2v) is 11.0. The number of hydrogen-bond acceptors (Lipinski definition) is 6. The van der Waals surface area contributed by atoms with Gasteiger partial charge in [-0.25, -0.2) is 0 Å². The SMILES string of the molecule is CN1CCN(C(=O)CCCCCOc2ccccc2N(C)C(=O)c2ccc(NC(=O)c3ccccc3C#CCCO)cc2)CC1. The van der Waals surface area contributed by atoms with Gasteiger partial charge in [-0.2, -0.15) is 0 Å². The third-order valence-corrected chi connectivity index (χ3v) is 7.70. The van der Waals surface area contributed by atoms with Gasteiger partial charge in [0.15, 0.2) is 0 Å². The van der Waals surface area contributed by atoms with Gasteiger partial charge in [-0.1, -0.05) is 36.1 Å². The first-order chi connectivity index (χ1) is 21.9. The molecule has 1 saturated heterocycles. The zero-order chi connectivity index (χ0) is 32.0. The maximum absolute atomic E-state index is 13.4. The average molecular weight is 611 g/mol. The van der Waals surface area contributed by atoms with E-state index in [1.54, 1.807) is 60.5 Å². The second-order valence-electron chi connectivity index (χ2n) is 11.0. The standard InChI is InChI=1S/C36H42N4O5/c1-38-22-24-40(25-23-38)34(42)17-4-3-11-27-45-33-16-8-7-15-32(33)39(2)36(44)29-18-20-30(21-19-29)37-35(43)31-14-6-5-12-28(31)13-9-10-26-41/h5-8,12,14-16,18-21,41H,3-4,10-11,17,22-27H2,1-2H3,(H,37,43). The molecule has 3 aromatic carbocycles. The number of carbonyl (C=O) groups excluding carboxylic acids is 3. The van der Waals surface area contributed by atoms with E-state index in [1.807, 2.05) is 29.2 Å². The van der Waals surface area contributed by atoms with E-state index in [2.05, 4.69) is 29.1 Å². The minimum atomic E-state index is -0.312. The zero-order valence-corrected chi connectivity index (χ0v) is 26.1. The van der Waals surface area contributed by atoms with Crippen LogP contribution in [-0.4, -0.2) is 86.1 Å². The van der Waals surface area contributed by atoms with E-state index < -0.39 is 0 Å². The van der Waals surface area contributed by atoms with Crippen molar-refractivity contribution in [1.29, 1.82) is 0 Å². The van der Waals surface area contributed by atoms with Crippen molar-refractivity contribution in [2.24, 2.45) is 0 Å². The molecule has 0 saturated carbocycles. The number of aliphatic hydroxyl groups excluding tert-OH is 1. The number of para-hydroxylation sites is 2. The van der Waals surface area contributed by atoms with E-state index in [4.69, 9.17) is 9.84 Å². The van der Waals surface area contributed by atoms with Crippen molar-refractivity contribution < 1.29 is 24.2 Å². The number of nitrogens with zero attached hydrogens (tertiary/aromatic N) is 3. The first-order valence-corrected chi connectivity index (χ1v) is 15.4. The number of nitrogens with one attached hydrogen (secondary N) is 1. The van der Waals surface area contributed by atoms with Crippen LogP contribution in [0, 0.1) is 11.8 Å². The van der Waals surface area contributed by atoms with Crippen LogP contribution >= 0.6 is 0 Å². The zero-order valence-electron chi connectivity index (χ0n) is 26.1. The molecule has 1 aliphatic heterocycles. The molecule has 0 atom stereocenters. The smallest absolute Gasteiger partial charge is 0.258 e. The molecule has 1 heterocycles. The van der Waals surface area contributed by atoms with E-state index in [1.165, 1.54) is 0 Å². The second kappa shape index (κ2) is 17.0. The van der Waals surface area contributed by atoms with Crippen LogP contribution in [0.5, 0.6) is 5.75 Å². The lowest BCUT2D eigenvalue weighted by molar-refractivity contribution is -0.132. The highest BCUT2D eigenvalue weighted by Gasteiger charge is 2.19. The number of rotatable bonds is 12. The molecule has 1 aliphatic rings. The molecule has 0 spiro atoms. The Balaban J connectivity index is 1.27. The van der Waals surface area contributed by atoms with E-state index in [-0.39, 0.29) is 24.3 Å². The van der Waals surface area contributed by atoms with Gasteiger partial charge in [0.05, 0.1) is 24.5 Å². The lowest BCUT2D eigenvalue weighted by Gasteiger charge is -2.32. The third kappa shape index (κ3) is 9.67. The summed E-state index contributed by atoms with van der Waals surface area (Å²) in [5, 5.41) is 11.8. The van der Waals surface area contributed by atoms with Gasteiger partial charge in [-0.3, -0.25) is 14.4 Å². The van der Waals surface area contributed by atoms with Gasteiger partial charge in [0.2, 0.25) is 5.91 Å². The molecule has 236 valence electrons. The number of carbonyl (C=O) groups is 3. The fraction of sp³-hybridized carbons (Fsp3) is 0.361. The number of ether oxygens (including phenoxy) is 1. The molecule has 0 radical (unpaired) electrons. The highest BCUT2D eigenvalue weighted by molar-refractivity contribution is 6.08. The number of anilines is 2. The predicted octanol–water partition coefficient (Wildman–Crippen LogP) is 4.66. The van der Waals surface area contributed by atoms with Crippen LogP contribution in [-0.2, 0) is 4.79 Å². The van der Waals surface area contributed by atoms with Crippen LogP contribution in [0.4, 0.5) is 11.4 Å². The minimum absolute atomic E-state index is 0.0396. The molecule has 1 fully saturated rings. The number of amides is 3. The summed E-state index contributed by atoms with van der Waals surface area (Å²) < 4.78 is 6.06. The molecule has 0 unspecified atom stereocenters. The summed E-state index contributed by atoms with van der Waals surface area (Å²) in [5.74, 6) is 6.10. The normalized spacial score (nSPS) is 13.0. The largest absolute Gasteiger partial charge is 0.491 e. The van der Waals surface area contributed by atoms with E-state index >= 15 is 0 Å². The maximum Gasteiger partial charge on any atom is 0.258 e. The fourth-order valence-electron chi connectivity index (χ4n) is 5.01. The monoisotopic (exact) mass is 610 g/mol. The Morgan fingerprint density at radius 3 is 2.38 bits per heavy atom. The lowest BCUT2D eigenvalue weighted by Crippen LogP contribution is -2.47. The Bertz CT molecular complexity index is 1500. The molecule has 4 rings (SSSR count). The van der Waals surface area contributed by atoms with Crippen LogP contribution in [0.2, 0.25) is 0 Å². The van der Waals surface area contributed by atoms with Crippen molar-refractivity contribution in [2.45, 2.75) is 32.1 Å². The molecule has 45 heavy (non-hydrogen) atoms. The Labute approximate surface area is 265 Å². The van der Waals surface area contributed by atoms with Gasteiger partial charge in [-0.15, -0.1) is 0 Å². The molecule has 2 N–H and O–H groups in total. The summed E-state index contributed by atoms with van der Waals surface area (Å²) >= 11 is 0. The number of piperazine rings is 1. The van der Waals surface area contributed by atoms with Gasteiger partial charge in [-0.05, 0) is 74.8 Å². The van der Waals surface area contributed by atoms with Gasteiger partial charge in [0.1, 0.15) is 5.75 Å². The maximum atomic E-state index is 13.4. The Morgan fingerprint density at radius 2 is 1.62 bits per heavy atom. The number of benzene rings is 3. The molecule has 9 heteroatoms. The summed E-state index contributed by atoms with van der Waals surface area (Å²) in [4.78, 5) is 44.5. The molecule has 0 aliphatic carbocycles. The van der Waals surface area contributed by atoms with Gasteiger partial charge < -0.3 is 29.9 Å². The minimum Gasteiger partial charge on any atom is -0.491 e. The fourth-order valence-corrected chi connectivity index (χ4v) is 5.01. The van der Waals surface area contributed by atoms with Crippen molar-refractivity contribution in [3.8, 4) is 17.6 Å². The Hall–Kier alpha value is -4.65. The van der Waals surface area contributed by atoms with Gasteiger partial charge in [0.25, 0.3) is 11.8 Å². The first-order valence-electron chi connectivity index (χ1n) is 15.4. The van der Waals surface area contributed by atoms with Crippen molar-refractivity contribution in [3.05, 3.63) is 89.5 Å². The van der Waals surface area contributed by atoms with Crippen molar-refractivity contribution in [3.63, 3.8) is 0 Å². The van der Waals surface area contributed by atoms with E-state index in [0.717, 1.165) is 45.4 Å². The van der Waals surface area contributed by atoms with Crippen LogP contribution < -0.4 is 15.0 Å². The topological polar surface area (TPSA) is 102 Å². The van der Waals surface area contributed by atoms with Crippen molar-refractivity contribution >= 4 is 29.1 Å². The summed E-state index contributed by atoms with van der Waals surface area (Å²) in [6.45, 7) is 3.92. The van der Waals surface area contributed by atoms with Gasteiger partial charge in [0, 0.05) is 62.9 Å². The van der Waals surface area contributed by atoms with Crippen molar-refractivity contribution in [1.82, 2.24) is 9.80 Å². The number of aliphatic hydroxyl groups is 1.